The van der Waals surface area contributed by atoms with Crippen LogP contribution in [0.5, 0.6) is 17.2 Å². The number of ether oxygens (including phenoxy) is 3. The van der Waals surface area contributed by atoms with Gasteiger partial charge in [-0.1, -0.05) is 12.1 Å². The van der Waals surface area contributed by atoms with E-state index in [0.29, 0.717) is 42.7 Å². The molecule has 0 saturated carbocycles. The molecule has 2 rings (SSSR count). The number of methoxy groups -OCH3 is 3. The van der Waals surface area contributed by atoms with Crippen LogP contribution in [0.3, 0.4) is 0 Å². The molecule has 0 unspecified atom stereocenters. The Kier molecular flexibility index (Phi) is 8.31. The fourth-order valence-corrected chi connectivity index (χ4v) is 3.33. The van der Waals surface area contributed by atoms with E-state index in [1.54, 1.807) is 40.5 Å². The summed E-state index contributed by atoms with van der Waals surface area (Å²) in [6.07, 6.45) is 0.690. The van der Waals surface area contributed by atoms with E-state index in [0.717, 1.165) is 11.1 Å². The molecule has 0 spiro atoms. The van der Waals surface area contributed by atoms with Crippen LogP contribution in [0.4, 0.5) is 0 Å². The van der Waals surface area contributed by atoms with Gasteiger partial charge in [-0.2, -0.15) is 0 Å². The molecule has 0 aliphatic heterocycles. The second kappa shape index (κ2) is 10.7. The summed E-state index contributed by atoms with van der Waals surface area (Å²) in [4.78, 5) is 4.31. The quantitative estimate of drug-likeness (QED) is 0.399. The molecule has 0 fully saturated rings. The Balaban J connectivity index is 1.92. The molecule has 0 heterocycles. The van der Waals surface area contributed by atoms with Crippen LogP contribution in [0.1, 0.15) is 11.1 Å². The number of nitrogens with one attached hydrogen (secondary N) is 2. The maximum absolute atomic E-state index is 11.3. The first-order valence-electron chi connectivity index (χ1n) is 9.17. The first-order valence-corrected chi connectivity index (χ1v) is 10.7. The van der Waals surface area contributed by atoms with Crippen molar-refractivity contribution in [2.24, 2.45) is 10.1 Å². The first-order chi connectivity index (χ1) is 14.3. The topological polar surface area (TPSA) is 124 Å². The second-order valence-corrected chi connectivity index (χ2v) is 7.89. The van der Waals surface area contributed by atoms with Crippen molar-refractivity contribution in [2.45, 2.75) is 17.9 Å². The predicted octanol–water partition coefficient (Wildman–Crippen LogP) is 1.27. The first kappa shape index (κ1) is 23.3. The molecule has 2 aromatic carbocycles. The van der Waals surface area contributed by atoms with Crippen LogP contribution in [0.15, 0.2) is 46.3 Å². The zero-order valence-electron chi connectivity index (χ0n) is 17.6. The van der Waals surface area contributed by atoms with E-state index in [4.69, 9.17) is 19.3 Å². The van der Waals surface area contributed by atoms with Crippen molar-refractivity contribution in [3.63, 3.8) is 0 Å². The van der Waals surface area contributed by atoms with E-state index in [2.05, 4.69) is 15.6 Å². The average Bonchev–Trinajstić information content (AvgIpc) is 2.74. The Morgan fingerprint density at radius 3 is 2.03 bits per heavy atom. The van der Waals surface area contributed by atoms with Crippen LogP contribution >= 0.6 is 0 Å². The average molecular weight is 437 g/mol. The summed E-state index contributed by atoms with van der Waals surface area (Å²) in [5, 5.41) is 11.6. The van der Waals surface area contributed by atoms with Crippen LogP contribution in [0.25, 0.3) is 0 Å². The minimum atomic E-state index is -3.68. The third-order valence-corrected chi connectivity index (χ3v) is 5.30. The summed E-state index contributed by atoms with van der Waals surface area (Å²) in [5.41, 5.74) is 1.92. The number of nitrogens with two attached hydrogens (primary N) is 1. The summed E-state index contributed by atoms with van der Waals surface area (Å²) < 4.78 is 38.7. The van der Waals surface area contributed by atoms with Crippen LogP contribution in [0.2, 0.25) is 0 Å². The second-order valence-electron chi connectivity index (χ2n) is 6.33. The van der Waals surface area contributed by atoms with Gasteiger partial charge in [-0.15, -0.1) is 0 Å². The lowest BCUT2D eigenvalue weighted by Gasteiger charge is -2.16. The summed E-state index contributed by atoms with van der Waals surface area (Å²) in [6.45, 7) is 1.11. The van der Waals surface area contributed by atoms with Crippen molar-refractivity contribution in [3.8, 4) is 17.2 Å². The van der Waals surface area contributed by atoms with Crippen molar-refractivity contribution >= 4 is 16.0 Å². The SMILES string of the molecule is CN=C(NCCc1ccc(S(N)(=O)=O)cc1)NCc1cc(OC)c(OC)c(OC)c1. The van der Waals surface area contributed by atoms with E-state index in [1.807, 2.05) is 12.1 Å². The number of sulfonamides is 1. The fraction of sp³-hybridized carbons (Fsp3) is 0.350. The fourth-order valence-electron chi connectivity index (χ4n) is 2.81. The Labute approximate surface area is 177 Å². The van der Waals surface area contributed by atoms with E-state index < -0.39 is 10.0 Å². The van der Waals surface area contributed by atoms with Crippen molar-refractivity contribution in [1.29, 1.82) is 0 Å². The third-order valence-electron chi connectivity index (χ3n) is 4.37. The highest BCUT2D eigenvalue weighted by Gasteiger charge is 2.13. The van der Waals surface area contributed by atoms with Crippen molar-refractivity contribution in [1.82, 2.24) is 10.6 Å². The lowest BCUT2D eigenvalue weighted by molar-refractivity contribution is 0.323. The van der Waals surface area contributed by atoms with Gasteiger partial charge in [0.2, 0.25) is 15.8 Å². The maximum atomic E-state index is 11.3. The molecule has 0 aromatic heterocycles. The molecule has 2 aromatic rings. The molecule has 10 heteroatoms. The monoisotopic (exact) mass is 436 g/mol. The van der Waals surface area contributed by atoms with E-state index in [9.17, 15) is 8.42 Å². The number of aliphatic imine (C=N–C) groups is 1. The Bertz CT molecular complexity index is 950. The molecule has 0 saturated heterocycles. The van der Waals surface area contributed by atoms with Gasteiger partial charge in [0.05, 0.1) is 26.2 Å². The summed E-state index contributed by atoms with van der Waals surface area (Å²) in [7, 11) is 2.72. The molecule has 0 aliphatic rings. The van der Waals surface area contributed by atoms with Gasteiger partial charge in [-0.25, -0.2) is 13.6 Å². The summed E-state index contributed by atoms with van der Waals surface area (Å²) >= 11 is 0. The van der Waals surface area contributed by atoms with Crippen molar-refractivity contribution < 1.29 is 22.6 Å². The van der Waals surface area contributed by atoms with Crippen LogP contribution in [0, 0.1) is 0 Å². The van der Waals surface area contributed by atoms with Gasteiger partial charge >= 0.3 is 0 Å². The molecule has 30 heavy (non-hydrogen) atoms. The molecule has 0 aliphatic carbocycles. The lowest BCUT2D eigenvalue weighted by atomic mass is 10.1. The number of rotatable bonds is 9. The highest BCUT2D eigenvalue weighted by atomic mass is 32.2. The number of primary sulfonamides is 1. The molecular weight excluding hydrogens is 408 g/mol. The minimum absolute atomic E-state index is 0.0991. The van der Waals surface area contributed by atoms with Gasteiger partial charge in [-0.3, -0.25) is 4.99 Å². The normalized spacial score (nSPS) is 11.7. The Morgan fingerprint density at radius 1 is 0.967 bits per heavy atom. The maximum Gasteiger partial charge on any atom is 0.238 e. The number of benzene rings is 2. The van der Waals surface area contributed by atoms with E-state index in [-0.39, 0.29) is 4.90 Å². The molecule has 0 bridgehead atoms. The van der Waals surface area contributed by atoms with Gasteiger partial charge in [-0.05, 0) is 41.8 Å². The third kappa shape index (κ3) is 6.26. The number of hydrogen-bond acceptors (Lipinski definition) is 6. The smallest absolute Gasteiger partial charge is 0.238 e. The van der Waals surface area contributed by atoms with Gasteiger partial charge in [0.15, 0.2) is 17.5 Å². The number of hydrogen-bond donors (Lipinski definition) is 3. The minimum Gasteiger partial charge on any atom is -0.493 e. The molecule has 164 valence electrons. The molecule has 9 nitrogen and oxygen atoms in total. The zero-order valence-corrected chi connectivity index (χ0v) is 18.4. The largest absolute Gasteiger partial charge is 0.493 e. The van der Waals surface area contributed by atoms with Gasteiger partial charge in [0.25, 0.3) is 0 Å². The zero-order chi connectivity index (χ0) is 22.1. The van der Waals surface area contributed by atoms with E-state index >= 15 is 0 Å². The number of nitrogens with zero attached hydrogens (tertiary/aromatic N) is 1. The van der Waals surface area contributed by atoms with Crippen molar-refractivity contribution in [3.05, 3.63) is 47.5 Å². The summed E-state index contributed by atoms with van der Waals surface area (Å²) in [5.74, 6) is 2.34. The molecule has 0 atom stereocenters. The van der Waals surface area contributed by atoms with Gasteiger partial charge in [0.1, 0.15) is 0 Å². The van der Waals surface area contributed by atoms with Crippen LogP contribution in [-0.2, 0) is 23.0 Å². The van der Waals surface area contributed by atoms with Gasteiger partial charge < -0.3 is 24.8 Å². The standard InChI is InChI=1S/C20H28N4O5S/c1-22-20(23-10-9-14-5-7-16(8-6-14)30(21,25)26)24-13-15-11-17(27-2)19(29-4)18(12-15)28-3/h5-8,11-12H,9-10,13H2,1-4H3,(H2,21,25,26)(H2,22,23,24). The van der Waals surface area contributed by atoms with E-state index in [1.165, 1.54) is 12.1 Å². The summed E-state index contributed by atoms with van der Waals surface area (Å²) in [6, 6.07) is 10.2. The number of guanidine groups is 1. The lowest BCUT2D eigenvalue weighted by Crippen LogP contribution is -2.37. The molecule has 4 N–H and O–H groups in total. The molecule has 0 amide bonds. The highest BCUT2D eigenvalue weighted by Crippen LogP contribution is 2.38. The van der Waals surface area contributed by atoms with Crippen molar-refractivity contribution in [2.75, 3.05) is 34.9 Å². The van der Waals surface area contributed by atoms with Gasteiger partial charge in [0, 0.05) is 20.1 Å². The molecule has 0 radical (unpaired) electrons. The highest BCUT2D eigenvalue weighted by molar-refractivity contribution is 7.89. The van der Waals surface area contributed by atoms with Crippen LogP contribution in [-0.4, -0.2) is 49.3 Å². The van der Waals surface area contributed by atoms with Crippen LogP contribution < -0.4 is 30.0 Å². The Morgan fingerprint density at radius 2 is 1.57 bits per heavy atom. The Hall–Kier alpha value is -2.98. The molecular formula is C20H28N4O5S. The predicted molar refractivity (Wildman–Crippen MR) is 116 cm³/mol.